The molecule has 0 fully saturated rings. The van der Waals surface area contributed by atoms with Gasteiger partial charge in [0, 0.05) is 17.5 Å². The summed E-state index contributed by atoms with van der Waals surface area (Å²) in [4.78, 5) is 16.3. The number of halogens is 1. The average molecular weight is 304 g/mol. The molecule has 0 bridgehead atoms. The van der Waals surface area contributed by atoms with E-state index in [9.17, 15) is 4.79 Å². The summed E-state index contributed by atoms with van der Waals surface area (Å²) >= 11 is 5.94. The molecule has 1 aromatic carbocycles. The summed E-state index contributed by atoms with van der Waals surface area (Å²) < 4.78 is 5.29. The summed E-state index contributed by atoms with van der Waals surface area (Å²) in [7, 11) is 0. The molecular formula is C15H14ClN3O2. The van der Waals surface area contributed by atoms with Crippen molar-refractivity contribution in [3.05, 3.63) is 46.1 Å². The van der Waals surface area contributed by atoms with Crippen molar-refractivity contribution in [2.45, 2.75) is 13.8 Å². The number of rotatable bonds is 2. The smallest absolute Gasteiger partial charge is 0.293 e. The third-order valence-electron chi connectivity index (χ3n) is 2.66. The molecule has 0 radical (unpaired) electrons. The number of nitrogens with zero attached hydrogens (tertiary/aromatic N) is 1. The summed E-state index contributed by atoms with van der Waals surface area (Å²) in [6.07, 6.45) is 0. The molecule has 0 unspecified atom stereocenters. The fourth-order valence-electron chi connectivity index (χ4n) is 1.80. The van der Waals surface area contributed by atoms with E-state index in [1.54, 1.807) is 32.0 Å². The van der Waals surface area contributed by atoms with Crippen molar-refractivity contribution in [2.75, 3.05) is 11.9 Å². The largest absolute Gasteiger partial charge is 0.436 e. The first-order valence-corrected chi connectivity index (χ1v) is 6.63. The van der Waals surface area contributed by atoms with E-state index in [0.717, 1.165) is 0 Å². The first kappa shape index (κ1) is 15.1. The van der Waals surface area contributed by atoms with E-state index in [1.165, 1.54) is 0 Å². The van der Waals surface area contributed by atoms with Crippen LogP contribution in [0.25, 0.3) is 0 Å². The second-order valence-corrected chi connectivity index (χ2v) is 4.73. The van der Waals surface area contributed by atoms with Crippen molar-refractivity contribution in [1.29, 1.82) is 0 Å². The quantitative estimate of drug-likeness (QED) is 0.835. The Balaban J connectivity index is 2.31. The van der Waals surface area contributed by atoms with Gasteiger partial charge in [0.25, 0.3) is 5.91 Å². The van der Waals surface area contributed by atoms with Crippen LogP contribution in [0.3, 0.4) is 0 Å². The van der Waals surface area contributed by atoms with Gasteiger partial charge in [0.1, 0.15) is 0 Å². The number of nitrogens with one attached hydrogen (secondary N) is 1. The van der Waals surface area contributed by atoms with E-state index in [2.05, 4.69) is 22.1 Å². The number of carbonyl (C=O) groups excluding carboxylic acids is 1. The molecule has 6 heteroatoms. The van der Waals surface area contributed by atoms with E-state index in [-0.39, 0.29) is 18.2 Å². The van der Waals surface area contributed by atoms with Gasteiger partial charge in [-0.1, -0.05) is 23.4 Å². The lowest BCUT2D eigenvalue weighted by molar-refractivity contribution is 0.0994. The maximum Gasteiger partial charge on any atom is 0.293 e. The SMILES string of the molecule is Cc1nc(C)c(C(=O)Nc2ccc(Cl)cc2C#CCN)o1. The number of hydrogen-bond donors (Lipinski definition) is 2. The Morgan fingerprint density at radius 2 is 2.24 bits per heavy atom. The lowest BCUT2D eigenvalue weighted by Gasteiger charge is -2.06. The van der Waals surface area contributed by atoms with Gasteiger partial charge >= 0.3 is 0 Å². The van der Waals surface area contributed by atoms with Crippen molar-refractivity contribution in [1.82, 2.24) is 4.98 Å². The highest BCUT2D eigenvalue weighted by Gasteiger charge is 2.17. The highest BCUT2D eigenvalue weighted by molar-refractivity contribution is 6.30. The molecule has 0 aliphatic carbocycles. The maximum atomic E-state index is 12.2. The van der Waals surface area contributed by atoms with Crippen molar-refractivity contribution >= 4 is 23.2 Å². The molecule has 5 nitrogen and oxygen atoms in total. The van der Waals surface area contributed by atoms with Crippen LogP contribution in [0.1, 0.15) is 27.7 Å². The highest BCUT2D eigenvalue weighted by atomic mass is 35.5. The number of hydrogen-bond acceptors (Lipinski definition) is 4. The zero-order chi connectivity index (χ0) is 15.4. The van der Waals surface area contributed by atoms with Gasteiger partial charge in [0.15, 0.2) is 5.89 Å². The number of oxazole rings is 1. The van der Waals surface area contributed by atoms with Crippen molar-refractivity contribution < 1.29 is 9.21 Å². The van der Waals surface area contributed by atoms with Gasteiger partial charge in [-0.3, -0.25) is 4.79 Å². The van der Waals surface area contributed by atoms with Crippen LogP contribution in [0.15, 0.2) is 22.6 Å². The van der Waals surface area contributed by atoms with Gasteiger partial charge < -0.3 is 15.5 Å². The Morgan fingerprint density at radius 3 is 2.86 bits per heavy atom. The number of amides is 1. The molecular weight excluding hydrogens is 290 g/mol. The summed E-state index contributed by atoms with van der Waals surface area (Å²) in [6, 6.07) is 5.01. The van der Waals surface area contributed by atoms with Crippen LogP contribution in [0, 0.1) is 25.7 Å². The number of anilines is 1. The Hall–Kier alpha value is -2.29. The predicted molar refractivity (Wildman–Crippen MR) is 81.3 cm³/mol. The van der Waals surface area contributed by atoms with E-state index in [0.29, 0.717) is 27.9 Å². The molecule has 1 amide bonds. The van der Waals surface area contributed by atoms with E-state index < -0.39 is 0 Å². The fraction of sp³-hybridized carbons (Fsp3) is 0.200. The first-order chi connectivity index (χ1) is 10.0. The summed E-state index contributed by atoms with van der Waals surface area (Å²) in [5.74, 6) is 5.84. The molecule has 1 aromatic heterocycles. The average Bonchev–Trinajstić information content (AvgIpc) is 2.78. The maximum absolute atomic E-state index is 12.2. The number of carbonyl (C=O) groups is 1. The number of benzene rings is 1. The van der Waals surface area contributed by atoms with E-state index in [1.807, 2.05) is 0 Å². The second-order valence-electron chi connectivity index (χ2n) is 4.30. The van der Waals surface area contributed by atoms with Gasteiger partial charge in [0.05, 0.1) is 17.9 Å². The third kappa shape index (κ3) is 3.63. The van der Waals surface area contributed by atoms with Crippen LogP contribution in [-0.2, 0) is 0 Å². The van der Waals surface area contributed by atoms with Gasteiger partial charge in [0.2, 0.25) is 5.76 Å². The standard InChI is InChI=1S/C15H14ClN3O2/c1-9-14(21-10(2)18-9)15(20)19-13-6-5-12(16)8-11(13)4-3-7-17/h5-6,8H,7,17H2,1-2H3,(H,19,20). The van der Waals surface area contributed by atoms with Crippen molar-refractivity contribution in [2.24, 2.45) is 5.73 Å². The Bertz CT molecular complexity index is 741. The first-order valence-electron chi connectivity index (χ1n) is 6.25. The molecule has 0 aliphatic rings. The van der Waals surface area contributed by atoms with Crippen molar-refractivity contribution in [3.63, 3.8) is 0 Å². The second kappa shape index (κ2) is 6.44. The Kier molecular flexibility index (Phi) is 4.63. The molecule has 2 rings (SSSR count). The summed E-state index contributed by atoms with van der Waals surface area (Å²) in [6.45, 7) is 3.62. The fourth-order valence-corrected chi connectivity index (χ4v) is 1.97. The van der Waals surface area contributed by atoms with Gasteiger partial charge in [-0.15, -0.1) is 0 Å². The third-order valence-corrected chi connectivity index (χ3v) is 2.90. The molecule has 0 spiro atoms. The zero-order valence-electron chi connectivity index (χ0n) is 11.7. The van der Waals surface area contributed by atoms with Gasteiger partial charge in [-0.2, -0.15) is 0 Å². The predicted octanol–water partition coefficient (Wildman–Crippen LogP) is 2.51. The molecule has 0 aliphatic heterocycles. The van der Waals surface area contributed by atoms with Crippen LogP contribution < -0.4 is 11.1 Å². The van der Waals surface area contributed by atoms with Crippen LogP contribution in [0.5, 0.6) is 0 Å². The van der Waals surface area contributed by atoms with Crippen LogP contribution in [0.4, 0.5) is 5.69 Å². The Labute approximate surface area is 127 Å². The van der Waals surface area contributed by atoms with E-state index in [4.69, 9.17) is 21.8 Å². The number of nitrogens with two attached hydrogens (primary N) is 1. The summed E-state index contributed by atoms with van der Waals surface area (Å²) in [5, 5.41) is 3.27. The number of aromatic nitrogens is 1. The molecule has 0 saturated heterocycles. The molecule has 3 N–H and O–H groups in total. The molecule has 108 valence electrons. The minimum Gasteiger partial charge on any atom is -0.436 e. The normalized spacial score (nSPS) is 9.90. The molecule has 1 heterocycles. The molecule has 2 aromatic rings. The molecule has 0 atom stereocenters. The lowest BCUT2D eigenvalue weighted by Crippen LogP contribution is -2.13. The minimum atomic E-state index is -0.383. The minimum absolute atomic E-state index is 0.181. The van der Waals surface area contributed by atoms with Crippen molar-refractivity contribution in [3.8, 4) is 11.8 Å². The monoisotopic (exact) mass is 303 g/mol. The van der Waals surface area contributed by atoms with Crippen LogP contribution >= 0.6 is 11.6 Å². The highest BCUT2D eigenvalue weighted by Crippen LogP contribution is 2.21. The summed E-state index contributed by atoms with van der Waals surface area (Å²) in [5.41, 5.74) is 7.03. The van der Waals surface area contributed by atoms with Gasteiger partial charge in [-0.05, 0) is 25.1 Å². The number of aryl methyl sites for hydroxylation is 2. The Morgan fingerprint density at radius 1 is 1.48 bits per heavy atom. The lowest BCUT2D eigenvalue weighted by atomic mass is 10.1. The van der Waals surface area contributed by atoms with Crippen LogP contribution in [0.2, 0.25) is 5.02 Å². The van der Waals surface area contributed by atoms with Crippen LogP contribution in [-0.4, -0.2) is 17.4 Å². The van der Waals surface area contributed by atoms with E-state index >= 15 is 0 Å². The molecule has 0 saturated carbocycles. The molecule has 21 heavy (non-hydrogen) atoms. The topological polar surface area (TPSA) is 81.2 Å². The van der Waals surface area contributed by atoms with Gasteiger partial charge in [-0.25, -0.2) is 4.98 Å². The zero-order valence-corrected chi connectivity index (χ0v) is 12.4.